The van der Waals surface area contributed by atoms with E-state index in [9.17, 15) is 4.79 Å². The van der Waals surface area contributed by atoms with Crippen LogP contribution in [0.5, 0.6) is 0 Å². The van der Waals surface area contributed by atoms with Gasteiger partial charge in [0.25, 0.3) is 0 Å². The average molecular weight is 271 g/mol. The lowest BCUT2D eigenvalue weighted by Crippen LogP contribution is -2.06. The van der Waals surface area contributed by atoms with E-state index < -0.39 is 0 Å². The van der Waals surface area contributed by atoms with Crippen LogP contribution in [0.15, 0.2) is 18.2 Å². The van der Waals surface area contributed by atoms with Crippen molar-refractivity contribution in [1.82, 2.24) is 15.2 Å². The van der Waals surface area contributed by atoms with E-state index in [1.165, 1.54) is 6.92 Å². The van der Waals surface area contributed by atoms with Gasteiger partial charge in [-0.3, -0.25) is 15.2 Å². The Morgan fingerprint density at radius 2 is 2.18 bits per heavy atom. The highest BCUT2D eigenvalue weighted by Gasteiger charge is 2.10. The van der Waals surface area contributed by atoms with Gasteiger partial charge in [0.1, 0.15) is 0 Å². The first-order valence-corrected chi connectivity index (χ1v) is 5.47. The number of rotatable bonds is 2. The third kappa shape index (κ3) is 2.75. The highest BCUT2D eigenvalue weighted by atomic mass is 35.5. The summed E-state index contributed by atoms with van der Waals surface area (Å²) in [4.78, 5) is 14.9. The van der Waals surface area contributed by atoms with Crippen molar-refractivity contribution >= 4 is 35.1 Å². The smallest absolute Gasteiger partial charge is 0.249 e. The molecule has 0 unspecified atom stereocenters. The molecule has 0 aliphatic rings. The van der Waals surface area contributed by atoms with Crippen LogP contribution in [-0.4, -0.2) is 21.1 Å². The van der Waals surface area contributed by atoms with Crippen molar-refractivity contribution in [3.8, 4) is 11.4 Å². The van der Waals surface area contributed by atoms with Crippen molar-refractivity contribution in [2.75, 3.05) is 5.32 Å². The minimum Gasteiger partial charge on any atom is -0.293 e. The van der Waals surface area contributed by atoms with Gasteiger partial charge in [0, 0.05) is 17.5 Å². The van der Waals surface area contributed by atoms with Gasteiger partial charge in [-0.2, -0.15) is 4.98 Å². The van der Waals surface area contributed by atoms with Gasteiger partial charge >= 0.3 is 0 Å². The molecule has 0 aliphatic carbocycles. The predicted molar refractivity (Wildman–Crippen MR) is 66.1 cm³/mol. The summed E-state index contributed by atoms with van der Waals surface area (Å²) in [7, 11) is 0. The molecule has 1 aromatic carbocycles. The SMILES string of the molecule is CC(=O)Nc1n[nH]c(-c2ccc(Cl)cc2Cl)n1. The first-order valence-electron chi connectivity index (χ1n) is 4.71. The molecule has 0 bridgehead atoms. The molecule has 0 atom stereocenters. The zero-order valence-corrected chi connectivity index (χ0v) is 10.3. The number of benzene rings is 1. The average Bonchev–Trinajstić information content (AvgIpc) is 2.65. The van der Waals surface area contributed by atoms with Gasteiger partial charge in [0.2, 0.25) is 11.9 Å². The fourth-order valence-corrected chi connectivity index (χ4v) is 1.78. The summed E-state index contributed by atoms with van der Waals surface area (Å²) in [5, 5.41) is 9.99. The molecule has 2 N–H and O–H groups in total. The van der Waals surface area contributed by atoms with Gasteiger partial charge in [0.15, 0.2) is 5.82 Å². The number of carbonyl (C=O) groups is 1. The third-order valence-electron chi connectivity index (χ3n) is 1.96. The fraction of sp³-hybridized carbons (Fsp3) is 0.100. The molecular formula is C10H8Cl2N4O. The standard InChI is InChI=1S/C10H8Cl2N4O/c1-5(17)13-10-14-9(15-16-10)7-3-2-6(11)4-8(7)12/h2-4H,1H3,(H2,13,14,15,16,17). The van der Waals surface area contributed by atoms with Crippen LogP contribution < -0.4 is 5.32 Å². The quantitative estimate of drug-likeness (QED) is 0.882. The maximum atomic E-state index is 10.8. The Bertz CT molecular complexity index is 567. The molecule has 88 valence electrons. The molecule has 1 heterocycles. The fourth-order valence-electron chi connectivity index (χ4n) is 1.28. The van der Waals surface area contributed by atoms with E-state index in [2.05, 4.69) is 20.5 Å². The number of anilines is 1. The lowest BCUT2D eigenvalue weighted by molar-refractivity contribution is -0.114. The third-order valence-corrected chi connectivity index (χ3v) is 2.51. The number of aromatic amines is 1. The van der Waals surface area contributed by atoms with Crippen molar-refractivity contribution in [3.63, 3.8) is 0 Å². The highest BCUT2D eigenvalue weighted by Crippen LogP contribution is 2.28. The van der Waals surface area contributed by atoms with Crippen LogP contribution in [0.4, 0.5) is 5.95 Å². The molecule has 5 nitrogen and oxygen atoms in total. The Hall–Kier alpha value is -1.59. The molecular weight excluding hydrogens is 263 g/mol. The van der Waals surface area contributed by atoms with E-state index in [1.54, 1.807) is 18.2 Å². The monoisotopic (exact) mass is 270 g/mol. The van der Waals surface area contributed by atoms with E-state index >= 15 is 0 Å². The number of carbonyl (C=O) groups excluding carboxylic acids is 1. The largest absolute Gasteiger partial charge is 0.293 e. The minimum absolute atomic E-state index is 0.207. The molecule has 0 fully saturated rings. The van der Waals surface area contributed by atoms with E-state index in [4.69, 9.17) is 23.2 Å². The molecule has 0 radical (unpaired) electrons. The van der Waals surface area contributed by atoms with Crippen LogP contribution in [-0.2, 0) is 4.79 Å². The van der Waals surface area contributed by atoms with Crippen LogP contribution in [0.2, 0.25) is 10.0 Å². The normalized spacial score (nSPS) is 10.3. The first kappa shape index (κ1) is 11.9. The first-order chi connectivity index (χ1) is 8.06. The number of aromatic nitrogens is 3. The van der Waals surface area contributed by atoms with Gasteiger partial charge in [-0.05, 0) is 18.2 Å². The van der Waals surface area contributed by atoms with Crippen LogP contribution in [0, 0.1) is 0 Å². The van der Waals surface area contributed by atoms with Crippen LogP contribution in [0.1, 0.15) is 6.92 Å². The molecule has 0 saturated carbocycles. The summed E-state index contributed by atoms with van der Waals surface area (Å²) in [5.74, 6) is 0.437. The summed E-state index contributed by atoms with van der Waals surface area (Å²) < 4.78 is 0. The Labute approximate surface area is 107 Å². The number of nitrogens with one attached hydrogen (secondary N) is 2. The molecule has 2 rings (SSSR count). The van der Waals surface area contributed by atoms with Crippen molar-refractivity contribution in [2.24, 2.45) is 0 Å². The van der Waals surface area contributed by atoms with Gasteiger partial charge in [-0.15, -0.1) is 5.10 Å². The lowest BCUT2D eigenvalue weighted by Gasteiger charge is -1.99. The van der Waals surface area contributed by atoms with Crippen molar-refractivity contribution < 1.29 is 4.79 Å². The zero-order chi connectivity index (χ0) is 12.4. The molecule has 7 heteroatoms. The van der Waals surface area contributed by atoms with E-state index in [1.807, 2.05) is 0 Å². The second-order valence-electron chi connectivity index (χ2n) is 3.31. The van der Waals surface area contributed by atoms with Gasteiger partial charge in [-0.25, -0.2) is 0 Å². The Morgan fingerprint density at radius 1 is 1.41 bits per heavy atom. The molecule has 0 spiro atoms. The van der Waals surface area contributed by atoms with Crippen LogP contribution in [0.25, 0.3) is 11.4 Å². The van der Waals surface area contributed by atoms with E-state index in [-0.39, 0.29) is 11.9 Å². The molecule has 1 amide bonds. The predicted octanol–water partition coefficient (Wildman–Crippen LogP) is 2.74. The number of nitrogens with zero attached hydrogens (tertiary/aromatic N) is 2. The summed E-state index contributed by atoms with van der Waals surface area (Å²) in [6, 6.07) is 5.03. The number of hydrogen-bond acceptors (Lipinski definition) is 3. The lowest BCUT2D eigenvalue weighted by atomic mass is 10.2. The number of halogens is 2. The Kier molecular flexibility index (Phi) is 3.31. The zero-order valence-electron chi connectivity index (χ0n) is 8.79. The molecule has 0 aliphatic heterocycles. The Morgan fingerprint density at radius 3 is 2.82 bits per heavy atom. The number of amides is 1. The second kappa shape index (κ2) is 4.73. The Balaban J connectivity index is 2.33. The molecule has 0 saturated heterocycles. The van der Waals surface area contributed by atoms with E-state index in [0.29, 0.717) is 21.4 Å². The maximum Gasteiger partial charge on any atom is 0.249 e. The number of hydrogen-bond donors (Lipinski definition) is 2. The molecule has 17 heavy (non-hydrogen) atoms. The van der Waals surface area contributed by atoms with Gasteiger partial charge < -0.3 is 0 Å². The maximum absolute atomic E-state index is 10.8. The van der Waals surface area contributed by atoms with Crippen LogP contribution >= 0.6 is 23.2 Å². The number of H-pyrrole nitrogens is 1. The summed E-state index contributed by atoms with van der Waals surface area (Å²) in [6.45, 7) is 1.38. The van der Waals surface area contributed by atoms with Crippen LogP contribution in [0.3, 0.4) is 0 Å². The summed E-state index contributed by atoms with van der Waals surface area (Å²) >= 11 is 11.8. The molecule has 1 aromatic heterocycles. The topological polar surface area (TPSA) is 70.7 Å². The summed E-state index contributed by atoms with van der Waals surface area (Å²) in [6.07, 6.45) is 0. The highest BCUT2D eigenvalue weighted by molar-refractivity contribution is 6.36. The second-order valence-corrected chi connectivity index (χ2v) is 4.16. The minimum atomic E-state index is -0.238. The van der Waals surface area contributed by atoms with Crippen molar-refractivity contribution in [1.29, 1.82) is 0 Å². The summed E-state index contributed by atoms with van der Waals surface area (Å²) in [5.41, 5.74) is 0.667. The molecule has 2 aromatic rings. The van der Waals surface area contributed by atoms with Crippen molar-refractivity contribution in [2.45, 2.75) is 6.92 Å². The van der Waals surface area contributed by atoms with Gasteiger partial charge in [-0.1, -0.05) is 23.2 Å². The van der Waals surface area contributed by atoms with E-state index in [0.717, 1.165) is 0 Å². The van der Waals surface area contributed by atoms with Gasteiger partial charge in [0.05, 0.1) is 5.02 Å². The van der Waals surface area contributed by atoms with Crippen molar-refractivity contribution in [3.05, 3.63) is 28.2 Å².